The maximum Gasteiger partial charge on any atom is 0.119 e. The summed E-state index contributed by atoms with van der Waals surface area (Å²) in [5.41, 5.74) is 0. The number of alkyl halides is 1. The first-order valence-corrected chi connectivity index (χ1v) is 10.7. The van der Waals surface area contributed by atoms with Crippen LogP contribution in [0.3, 0.4) is 0 Å². The monoisotopic (exact) mass is 406 g/mol. The first-order chi connectivity index (χ1) is 12.3. The number of unbranched alkanes of at least 4 members (excludes halogenated alkanes) is 2. The van der Waals surface area contributed by atoms with Gasteiger partial charge in [-0.2, -0.15) is 0 Å². The first kappa shape index (κ1) is 20.1. The van der Waals surface area contributed by atoms with Crippen LogP contribution in [0.15, 0.2) is 36.4 Å². The lowest BCUT2D eigenvalue weighted by Gasteiger charge is -2.16. The van der Waals surface area contributed by atoms with Crippen molar-refractivity contribution in [1.29, 1.82) is 0 Å². The zero-order chi connectivity index (χ0) is 17.9. The van der Waals surface area contributed by atoms with Gasteiger partial charge in [0.15, 0.2) is 0 Å². The van der Waals surface area contributed by atoms with Gasteiger partial charge in [-0.05, 0) is 60.2 Å². The molecule has 0 aliphatic rings. The average molecular weight is 407 g/mol. The van der Waals surface area contributed by atoms with E-state index in [-0.39, 0.29) is 0 Å². The molecule has 0 saturated carbocycles. The van der Waals surface area contributed by atoms with Gasteiger partial charge in [0.25, 0.3) is 0 Å². The van der Waals surface area contributed by atoms with Gasteiger partial charge in [0.1, 0.15) is 11.5 Å². The molecule has 0 aromatic heterocycles. The maximum atomic E-state index is 6.05. The van der Waals surface area contributed by atoms with E-state index < -0.39 is 0 Å². The highest BCUT2D eigenvalue weighted by Crippen LogP contribution is 2.26. The molecule has 0 spiro atoms. The second-order valence-electron chi connectivity index (χ2n) is 6.64. The Morgan fingerprint density at radius 2 is 1.56 bits per heavy atom. The normalized spacial score (nSPS) is 12.3. The Kier molecular flexibility index (Phi) is 9.17. The lowest BCUT2D eigenvalue weighted by atomic mass is 10.0. The molecule has 0 amide bonds. The molecule has 3 heteroatoms. The molecule has 0 bridgehead atoms. The molecule has 0 N–H and O–H groups in total. The highest BCUT2D eigenvalue weighted by Gasteiger charge is 2.07. The largest absolute Gasteiger partial charge is 0.494 e. The van der Waals surface area contributed by atoms with E-state index in [9.17, 15) is 0 Å². The summed E-state index contributed by atoms with van der Waals surface area (Å²) in [7, 11) is 0. The third-order valence-corrected chi connectivity index (χ3v) is 5.17. The Labute approximate surface area is 161 Å². The minimum Gasteiger partial charge on any atom is -0.494 e. The number of benzene rings is 2. The van der Waals surface area contributed by atoms with Crippen molar-refractivity contribution in [2.75, 3.05) is 18.5 Å². The van der Waals surface area contributed by atoms with Crippen LogP contribution < -0.4 is 9.47 Å². The summed E-state index contributed by atoms with van der Waals surface area (Å²) in [5, 5.41) is 3.43. The van der Waals surface area contributed by atoms with Crippen LogP contribution in [0, 0.1) is 5.92 Å². The van der Waals surface area contributed by atoms with Crippen molar-refractivity contribution in [2.24, 2.45) is 5.92 Å². The number of fused-ring (bicyclic) bond motifs is 1. The topological polar surface area (TPSA) is 18.5 Å². The molecule has 2 aromatic carbocycles. The van der Waals surface area contributed by atoms with Gasteiger partial charge in [-0.3, -0.25) is 0 Å². The molecule has 0 aliphatic carbocycles. The van der Waals surface area contributed by atoms with E-state index in [0.29, 0.717) is 5.92 Å². The van der Waals surface area contributed by atoms with Gasteiger partial charge >= 0.3 is 0 Å². The number of hydrogen-bond donors (Lipinski definition) is 0. The Bertz CT molecular complexity index is 626. The lowest BCUT2D eigenvalue weighted by molar-refractivity contribution is 0.233. The molecule has 1 unspecified atom stereocenters. The highest BCUT2D eigenvalue weighted by atomic mass is 79.9. The summed E-state index contributed by atoms with van der Waals surface area (Å²) >= 11 is 3.45. The number of halogens is 1. The van der Waals surface area contributed by atoms with Gasteiger partial charge in [0.05, 0.1) is 13.2 Å². The van der Waals surface area contributed by atoms with Gasteiger partial charge < -0.3 is 9.47 Å². The Morgan fingerprint density at radius 1 is 0.880 bits per heavy atom. The van der Waals surface area contributed by atoms with Crippen molar-refractivity contribution in [3.8, 4) is 11.5 Å². The van der Waals surface area contributed by atoms with Crippen LogP contribution in [0.25, 0.3) is 10.8 Å². The Hall–Kier alpha value is -1.22. The summed E-state index contributed by atoms with van der Waals surface area (Å²) in [6, 6.07) is 12.6. The molecule has 0 heterocycles. The summed E-state index contributed by atoms with van der Waals surface area (Å²) in [4.78, 5) is 0. The second kappa shape index (κ2) is 11.4. The van der Waals surface area contributed by atoms with Crippen molar-refractivity contribution in [3.63, 3.8) is 0 Å². The number of ether oxygens (including phenoxy) is 2. The fourth-order valence-corrected chi connectivity index (χ4v) is 3.28. The predicted octanol–water partition coefficient (Wildman–Crippen LogP) is 6.99. The van der Waals surface area contributed by atoms with Crippen LogP contribution in [0.4, 0.5) is 0 Å². The fourth-order valence-electron chi connectivity index (χ4n) is 2.88. The second-order valence-corrected chi connectivity index (χ2v) is 7.44. The van der Waals surface area contributed by atoms with Crippen LogP contribution in [-0.4, -0.2) is 18.5 Å². The van der Waals surface area contributed by atoms with Gasteiger partial charge in [0.2, 0.25) is 0 Å². The first-order valence-electron chi connectivity index (χ1n) is 9.62. The summed E-state index contributed by atoms with van der Waals surface area (Å²) in [6.45, 7) is 6.09. The molecule has 138 valence electrons. The average Bonchev–Trinajstić information content (AvgIpc) is 2.65. The van der Waals surface area contributed by atoms with Crippen LogP contribution in [0.1, 0.15) is 52.4 Å². The third kappa shape index (κ3) is 6.89. The van der Waals surface area contributed by atoms with Crippen LogP contribution in [0.2, 0.25) is 0 Å². The minimum atomic E-state index is 0.658. The van der Waals surface area contributed by atoms with E-state index in [0.717, 1.165) is 42.9 Å². The molecular formula is C22H31BrO2. The molecule has 2 aromatic rings. The molecule has 2 nitrogen and oxygen atoms in total. The summed E-state index contributed by atoms with van der Waals surface area (Å²) in [6.07, 6.45) is 7.21. The van der Waals surface area contributed by atoms with Crippen molar-refractivity contribution >= 4 is 26.7 Å². The number of rotatable bonds is 12. The Balaban J connectivity index is 1.93. The van der Waals surface area contributed by atoms with Crippen molar-refractivity contribution in [2.45, 2.75) is 52.4 Å². The SMILES string of the molecule is CCCCC(CC)COc1ccc2cc(OCCCCBr)ccc2c1. The smallest absolute Gasteiger partial charge is 0.119 e. The molecule has 2 rings (SSSR count). The standard InChI is InChI=1S/C22H31BrO2/c1-3-5-8-18(4-2)17-25-22-12-10-19-15-21(11-9-20(19)16-22)24-14-7-6-13-23/h9-12,15-16,18H,3-8,13-14,17H2,1-2H3. The summed E-state index contributed by atoms with van der Waals surface area (Å²) < 4.78 is 11.9. The van der Waals surface area contributed by atoms with Crippen molar-refractivity contribution < 1.29 is 9.47 Å². The number of hydrogen-bond acceptors (Lipinski definition) is 2. The summed E-state index contributed by atoms with van der Waals surface area (Å²) in [5.74, 6) is 2.57. The van der Waals surface area contributed by atoms with Crippen LogP contribution >= 0.6 is 15.9 Å². The molecule has 0 radical (unpaired) electrons. The van der Waals surface area contributed by atoms with E-state index in [4.69, 9.17) is 9.47 Å². The Morgan fingerprint density at radius 3 is 2.16 bits per heavy atom. The van der Waals surface area contributed by atoms with E-state index >= 15 is 0 Å². The fraction of sp³-hybridized carbons (Fsp3) is 0.545. The van der Waals surface area contributed by atoms with E-state index in [2.05, 4.69) is 66.2 Å². The zero-order valence-electron chi connectivity index (χ0n) is 15.6. The van der Waals surface area contributed by atoms with Gasteiger partial charge in [0, 0.05) is 5.33 Å². The molecular weight excluding hydrogens is 376 g/mol. The van der Waals surface area contributed by atoms with Crippen molar-refractivity contribution in [3.05, 3.63) is 36.4 Å². The molecule has 0 saturated heterocycles. The van der Waals surface area contributed by atoms with Gasteiger partial charge in [-0.1, -0.05) is 61.2 Å². The maximum absolute atomic E-state index is 6.05. The molecule has 25 heavy (non-hydrogen) atoms. The predicted molar refractivity (Wildman–Crippen MR) is 111 cm³/mol. The van der Waals surface area contributed by atoms with E-state index in [1.165, 1.54) is 36.5 Å². The minimum absolute atomic E-state index is 0.658. The van der Waals surface area contributed by atoms with Crippen LogP contribution in [0.5, 0.6) is 11.5 Å². The third-order valence-electron chi connectivity index (χ3n) is 4.61. The lowest BCUT2D eigenvalue weighted by Crippen LogP contribution is -2.11. The molecule has 0 aliphatic heterocycles. The van der Waals surface area contributed by atoms with E-state index in [1.807, 2.05) is 0 Å². The van der Waals surface area contributed by atoms with E-state index in [1.54, 1.807) is 0 Å². The van der Waals surface area contributed by atoms with Crippen molar-refractivity contribution in [1.82, 2.24) is 0 Å². The highest BCUT2D eigenvalue weighted by molar-refractivity contribution is 9.09. The quantitative estimate of drug-likeness (QED) is 0.279. The molecule has 0 fully saturated rings. The zero-order valence-corrected chi connectivity index (χ0v) is 17.2. The van der Waals surface area contributed by atoms with Gasteiger partial charge in [-0.15, -0.1) is 0 Å². The molecule has 1 atom stereocenters. The van der Waals surface area contributed by atoms with Gasteiger partial charge in [-0.25, -0.2) is 0 Å². The van der Waals surface area contributed by atoms with Crippen LogP contribution in [-0.2, 0) is 0 Å².